The van der Waals surface area contributed by atoms with E-state index >= 15 is 0 Å². The van der Waals surface area contributed by atoms with Crippen molar-refractivity contribution in [3.8, 4) is 23.3 Å². The lowest BCUT2D eigenvalue weighted by atomic mass is 10.1. The van der Waals surface area contributed by atoms with E-state index in [0.29, 0.717) is 11.5 Å². The summed E-state index contributed by atoms with van der Waals surface area (Å²) in [7, 11) is -2.80. The Hall–Kier alpha value is -3.29. The van der Waals surface area contributed by atoms with Crippen molar-refractivity contribution in [2.45, 2.75) is 4.90 Å². The standard InChI is InChI=1S/C16H13N3O6S/c1-23-12-3-2-9(5-15(12)26(18,21)22)16(20)19-11-6-14-13(24-8-25-14)4-10(11)7-17/h2-6H,8H2,1H3,(H,19,20)(H2,18,21,22). The highest BCUT2D eigenvalue weighted by Gasteiger charge is 2.21. The molecule has 0 aliphatic carbocycles. The molecule has 26 heavy (non-hydrogen) atoms. The number of primary sulfonamides is 1. The maximum atomic E-state index is 12.5. The van der Waals surface area contributed by atoms with Crippen LogP contribution >= 0.6 is 0 Å². The molecule has 0 aromatic heterocycles. The second-order valence-corrected chi connectivity index (χ2v) is 6.76. The van der Waals surface area contributed by atoms with Crippen LogP contribution in [0.25, 0.3) is 0 Å². The van der Waals surface area contributed by atoms with Crippen LogP contribution in [0.15, 0.2) is 35.2 Å². The van der Waals surface area contributed by atoms with Crippen molar-refractivity contribution in [3.05, 3.63) is 41.5 Å². The quantitative estimate of drug-likeness (QED) is 0.818. The topological polar surface area (TPSA) is 141 Å². The van der Waals surface area contributed by atoms with Crippen LogP contribution in [0.1, 0.15) is 15.9 Å². The number of nitrogens with zero attached hydrogens (tertiary/aromatic N) is 1. The highest BCUT2D eigenvalue weighted by Crippen LogP contribution is 2.37. The van der Waals surface area contributed by atoms with Crippen molar-refractivity contribution >= 4 is 21.6 Å². The van der Waals surface area contributed by atoms with E-state index < -0.39 is 15.9 Å². The second kappa shape index (κ2) is 6.55. The van der Waals surface area contributed by atoms with Gasteiger partial charge in [0.2, 0.25) is 16.8 Å². The number of benzene rings is 2. The molecule has 0 spiro atoms. The lowest BCUT2D eigenvalue weighted by molar-refractivity contribution is 0.102. The molecule has 0 radical (unpaired) electrons. The minimum atomic E-state index is -4.09. The Morgan fingerprint density at radius 3 is 2.58 bits per heavy atom. The van der Waals surface area contributed by atoms with Gasteiger partial charge in [0.1, 0.15) is 16.7 Å². The molecule has 0 fully saturated rings. The van der Waals surface area contributed by atoms with E-state index in [1.807, 2.05) is 6.07 Å². The van der Waals surface area contributed by atoms with Crippen molar-refractivity contribution in [3.63, 3.8) is 0 Å². The largest absolute Gasteiger partial charge is 0.495 e. The maximum absolute atomic E-state index is 12.5. The van der Waals surface area contributed by atoms with Gasteiger partial charge in [0.05, 0.1) is 18.4 Å². The molecule has 134 valence electrons. The van der Waals surface area contributed by atoms with E-state index in [4.69, 9.17) is 19.3 Å². The predicted molar refractivity (Wildman–Crippen MR) is 89.6 cm³/mol. The number of fused-ring (bicyclic) bond motifs is 1. The highest BCUT2D eigenvalue weighted by atomic mass is 32.2. The molecule has 1 heterocycles. The third-order valence-electron chi connectivity index (χ3n) is 3.61. The zero-order valence-corrected chi connectivity index (χ0v) is 14.3. The lowest BCUT2D eigenvalue weighted by Gasteiger charge is -2.11. The number of anilines is 1. The normalized spacial score (nSPS) is 12.3. The van der Waals surface area contributed by atoms with Crippen LogP contribution in [0.2, 0.25) is 0 Å². The number of sulfonamides is 1. The van der Waals surface area contributed by atoms with Gasteiger partial charge in [-0.2, -0.15) is 5.26 Å². The Morgan fingerprint density at radius 1 is 1.27 bits per heavy atom. The zero-order valence-electron chi connectivity index (χ0n) is 13.5. The molecule has 0 saturated carbocycles. The van der Waals surface area contributed by atoms with Gasteiger partial charge in [-0.25, -0.2) is 13.6 Å². The van der Waals surface area contributed by atoms with E-state index in [2.05, 4.69) is 5.32 Å². The van der Waals surface area contributed by atoms with Crippen LogP contribution < -0.4 is 24.7 Å². The summed E-state index contributed by atoms with van der Waals surface area (Å²) in [5, 5.41) is 16.9. The van der Waals surface area contributed by atoms with E-state index in [0.717, 1.165) is 6.07 Å². The molecule has 1 aliphatic heterocycles. The predicted octanol–water partition coefficient (Wildman–Crippen LogP) is 1.20. The van der Waals surface area contributed by atoms with Crippen molar-refractivity contribution in [1.29, 1.82) is 5.26 Å². The minimum Gasteiger partial charge on any atom is -0.495 e. The summed E-state index contributed by atoms with van der Waals surface area (Å²) < 4.78 is 38.7. The molecule has 0 unspecified atom stereocenters. The molecule has 9 nitrogen and oxygen atoms in total. The van der Waals surface area contributed by atoms with Gasteiger partial charge in [-0.15, -0.1) is 0 Å². The smallest absolute Gasteiger partial charge is 0.255 e. The molecule has 0 saturated heterocycles. The molecular formula is C16H13N3O6S. The molecule has 0 bridgehead atoms. The number of carbonyl (C=O) groups excluding carboxylic acids is 1. The fraction of sp³-hybridized carbons (Fsp3) is 0.125. The monoisotopic (exact) mass is 375 g/mol. The average Bonchev–Trinajstić information content (AvgIpc) is 3.06. The summed E-state index contributed by atoms with van der Waals surface area (Å²) in [6.07, 6.45) is 0. The Labute approximate surface area is 148 Å². The van der Waals surface area contributed by atoms with Crippen LogP contribution in [0.3, 0.4) is 0 Å². The Morgan fingerprint density at radius 2 is 1.96 bits per heavy atom. The number of ether oxygens (including phenoxy) is 3. The Bertz CT molecular complexity index is 1040. The SMILES string of the molecule is COc1ccc(C(=O)Nc2cc3c(cc2C#N)OCO3)cc1S(N)(=O)=O. The molecule has 1 aliphatic rings. The summed E-state index contributed by atoms with van der Waals surface area (Å²) in [5.74, 6) is 0.178. The van der Waals surface area contributed by atoms with E-state index in [9.17, 15) is 18.5 Å². The molecule has 3 N–H and O–H groups in total. The fourth-order valence-corrected chi connectivity index (χ4v) is 3.10. The molecule has 1 amide bonds. The van der Waals surface area contributed by atoms with Gasteiger partial charge in [-0.05, 0) is 18.2 Å². The molecule has 0 atom stereocenters. The Kier molecular flexibility index (Phi) is 4.41. The first-order valence-corrected chi connectivity index (χ1v) is 8.74. The first kappa shape index (κ1) is 17.5. The number of carbonyl (C=O) groups is 1. The van der Waals surface area contributed by atoms with E-state index in [1.54, 1.807) is 0 Å². The maximum Gasteiger partial charge on any atom is 0.255 e. The van der Waals surface area contributed by atoms with Gasteiger partial charge in [0.25, 0.3) is 5.91 Å². The molecule has 2 aromatic carbocycles. The van der Waals surface area contributed by atoms with Crippen LogP contribution in [0.5, 0.6) is 17.2 Å². The van der Waals surface area contributed by atoms with Crippen LogP contribution in [0, 0.1) is 11.3 Å². The zero-order chi connectivity index (χ0) is 18.9. The van der Waals surface area contributed by atoms with Crippen LogP contribution in [-0.2, 0) is 10.0 Å². The lowest BCUT2D eigenvalue weighted by Crippen LogP contribution is -2.17. The number of nitriles is 1. The van der Waals surface area contributed by atoms with Gasteiger partial charge in [0, 0.05) is 17.7 Å². The summed E-state index contributed by atoms with van der Waals surface area (Å²) >= 11 is 0. The summed E-state index contributed by atoms with van der Waals surface area (Å²) in [5.41, 5.74) is 0.397. The number of nitrogens with one attached hydrogen (secondary N) is 1. The number of rotatable bonds is 4. The van der Waals surface area contributed by atoms with Crippen LogP contribution in [-0.4, -0.2) is 28.2 Å². The number of hydrogen-bond donors (Lipinski definition) is 2. The van der Waals surface area contributed by atoms with Crippen LogP contribution in [0.4, 0.5) is 5.69 Å². The number of methoxy groups -OCH3 is 1. The fourth-order valence-electron chi connectivity index (χ4n) is 2.37. The minimum absolute atomic E-state index is 0.0184. The van der Waals surface area contributed by atoms with Crippen molar-refractivity contribution in [2.24, 2.45) is 5.14 Å². The summed E-state index contributed by atoms with van der Waals surface area (Å²) in [6.45, 7) is 0.0216. The van der Waals surface area contributed by atoms with E-state index in [1.165, 1.54) is 31.4 Å². The van der Waals surface area contributed by atoms with Gasteiger partial charge >= 0.3 is 0 Å². The molecule has 2 aromatic rings. The first-order chi connectivity index (χ1) is 12.3. The van der Waals surface area contributed by atoms with Crippen molar-refractivity contribution < 1.29 is 27.4 Å². The third kappa shape index (κ3) is 3.26. The number of amides is 1. The summed E-state index contributed by atoms with van der Waals surface area (Å²) in [6, 6.07) is 8.65. The average molecular weight is 375 g/mol. The van der Waals surface area contributed by atoms with Gasteiger partial charge < -0.3 is 19.5 Å². The number of hydrogen-bond acceptors (Lipinski definition) is 7. The molecule has 3 rings (SSSR count). The van der Waals surface area contributed by atoms with E-state index in [-0.39, 0.29) is 34.3 Å². The van der Waals surface area contributed by atoms with Gasteiger partial charge in [-0.1, -0.05) is 0 Å². The molecular weight excluding hydrogens is 362 g/mol. The van der Waals surface area contributed by atoms with Crippen molar-refractivity contribution in [2.75, 3.05) is 19.2 Å². The second-order valence-electron chi connectivity index (χ2n) is 5.23. The Balaban J connectivity index is 1.96. The highest BCUT2D eigenvalue weighted by molar-refractivity contribution is 7.89. The first-order valence-electron chi connectivity index (χ1n) is 7.19. The van der Waals surface area contributed by atoms with Gasteiger partial charge in [-0.3, -0.25) is 4.79 Å². The third-order valence-corrected chi connectivity index (χ3v) is 4.55. The number of nitrogens with two attached hydrogens (primary N) is 1. The van der Waals surface area contributed by atoms with Crippen molar-refractivity contribution in [1.82, 2.24) is 0 Å². The summed E-state index contributed by atoms with van der Waals surface area (Å²) in [4.78, 5) is 12.2. The molecule has 10 heteroatoms. The van der Waals surface area contributed by atoms with Gasteiger partial charge in [0.15, 0.2) is 11.5 Å².